The number of Topliss-reactive ketones (excluding diaryl/α,β-unsaturated/α-hetero) is 1. The van der Waals surface area contributed by atoms with E-state index >= 15 is 0 Å². The van der Waals surface area contributed by atoms with E-state index in [1.165, 1.54) is 7.11 Å². The maximum Gasteiger partial charge on any atom is 0.326 e. The van der Waals surface area contributed by atoms with Crippen LogP contribution in [-0.4, -0.2) is 54.0 Å². The van der Waals surface area contributed by atoms with Crippen molar-refractivity contribution in [1.82, 2.24) is 4.90 Å². The number of nitrogens with two attached hydrogens (primary N) is 1. The minimum Gasteiger partial charge on any atom is -0.468 e. The zero-order valence-corrected chi connectivity index (χ0v) is 18.1. The normalized spacial score (nSPS) is 24.4. The molecule has 3 unspecified atom stereocenters. The number of ether oxygens (including phenoxy) is 2. The molecule has 1 heterocycles. The molecule has 0 spiro atoms. The molecule has 0 bridgehead atoms. The second-order valence-corrected chi connectivity index (χ2v) is 8.26. The summed E-state index contributed by atoms with van der Waals surface area (Å²) in [5.74, 6) is -1.05. The first-order valence-electron chi connectivity index (χ1n) is 10.8. The van der Waals surface area contributed by atoms with E-state index in [1.54, 1.807) is 18.7 Å². The van der Waals surface area contributed by atoms with Crippen LogP contribution in [0.2, 0.25) is 0 Å². The fourth-order valence-corrected chi connectivity index (χ4v) is 5.01. The average Bonchev–Trinajstić information content (AvgIpc) is 2.77. The molecule has 30 heavy (non-hydrogen) atoms. The number of esters is 2. The summed E-state index contributed by atoms with van der Waals surface area (Å²) >= 11 is 0. The maximum absolute atomic E-state index is 13.4. The van der Waals surface area contributed by atoms with Gasteiger partial charge in [-0.15, -0.1) is 0 Å². The lowest BCUT2D eigenvalue weighted by Crippen LogP contribution is -2.66. The van der Waals surface area contributed by atoms with Gasteiger partial charge in [0.05, 0.1) is 25.8 Å². The monoisotopic (exact) mass is 416 g/mol. The molecule has 2 N–H and O–H groups in total. The number of hydrogen-bond donors (Lipinski definition) is 1. The van der Waals surface area contributed by atoms with Crippen molar-refractivity contribution in [2.75, 3.05) is 13.7 Å². The van der Waals surface area contributed by atoms with Crippen LogP contribution in [0.25, 0.3) is 0 Å². The zero-order valence-electron chi connectivity index (χ0n) is 18.1. The van der Waals surface area contributed by atoms with Crippen LogP contribution in [0.15, 0.2) is 24.3 Å². The number of methoxy groups -OCH3 is 1. The Labute approximate surface area is 177 Å². The topological polar surface area (TPSA) is 98.9 Å². The van der Waals surface area contributed by atoms with Crippen LogP contribution in [0.1, 0.15) is 63.1 Å². The molecular formula is C23H32N2O5. The summed E-state index contributed by atoms with van der Waals surface area (Å²) < 4.78 is 10.6. The van der Waals surface area contributed by atoms with Gasteiger partial charge in [-0.25, -0.2) is 0 Å². The van der Waals surface area contributed by atoms with Crippen LogP contribution in [0.5, 0.6) is 0 Å². The lowest BCUT2D eigenvalue weighted by Gasteiger charge is -2.52. The average molecular weight is 417 g/mol. The highest BCUT2D eigenvalue weighted by atomic mass is 16.5. The number of hydrogen-bond acceptors (Lipinski definition) is 7. The molecule has 1 aliphatic carbocycles. The van der Waals surface area contributed by atoms with E-state index in [2.05, 4.69) is 0 Å². The number of benzene rings is 1. The fraction of sp³-hybridized carbons (Fsp3) is 0.609. The van der Waals surface area contributed by atoms with Gasteiger partial charge >= 0.3 is 11.9 Å². The lowest BCUT2D eigenvalue weighted by molar-refractivity contribution is -0.174. The molecule has 7 nitrogen and oxygen atoms in total. The van der Waals surface area contributed by atoms with Gasteiger partial charge in [-0.05, 0) is 44.2 Å². The summed E-state index contributed by atoms with van der Waals surface area (Å²) in [5, 5.41) is 0. The predicted molar refractivity (Wildman–Crippen MR) is 112 cm³/mol. The smallest absolute Gasteiger partial charge is 0.326 e. The Morgan fingerprint density at radius 2 is 1.87 bits per heavy atom. The Kier molecular flexibility index (Phi) is 6.93. The fourth-order valence-electron chi connectivity index (χ4n) is 5.01. The van der Waals surface area contributed by atoms with Crippen LogP contribution in [0, 0.1) is 0 Å². The first-order valence-corrected chi connectivity index (χ1v) is 10.8. The first-order chi connectivity index (χ1) is 14.4. The number of ketones is 1. The molecular weight excluding hydrogens is 384 g/mol. The van der Waals surface area contributed by atoms with Crippen molar-refractivity contribution < 1.29 is 23.9 Å². The summed E-state index contributed by atoms with van der Waals surface area (Å²) in [6.45, 7) is 3.64. The van der Waals surface area contributed by atoms with Crippen molar-refractivity contribution in [2.24, 2.45) is 5.73 Å². The number of fused-ring (bicyclic) bond motifs is 1. The van der Waals surface area contributed by atoms with Crippen LogP contribution in [0.3, 0.4) is 0 Å². The molecule has 2 aliphatic rings. The van der Waals surface area contributed by atoms with Gasteiger partial charge in [0.25, 0.3) is 0 Å². The number of carbonyl (C=O) groups excluding carboxylic acids is 3. The van der Waals surface area contributed by atoms with Crippen LogP contribution < -0.4 is 5.73 Å². The SMILES string of the molecule is CCOC(=O)C1(N2C(C(=O)OC)Cc3ccccc3C2C(=O)C(C)N)CCCCC1. The Morgan fingerprint density at radius 3 is 2.47 bits per heavy atom. The van der Waals surface area contributed by atoms with Gasteiger partial charge in [-0.1, -0.05) is 43.5 Å². The Hall–Kier alpha value is -2.25. The minimum absolute atomic E-state index is 0.217. The summed E-state index contributed by atoms with van der Waals surface area (Å²) in [7, 11) is 1.33. The Morgan fingerprint density at radius 1 is 1.20 bits per heavy atom. The van der Waals surface area contributed by atoms with Crippen molar-refractivity contribution in [3.8, 4) is 0 Å². The number of rotatable bonds is 6. The van der Waals surface area contributed by atoms with E-state index in [0.717, 1.165) is 30.4 Å². The summed E-state index contributed by atoms with van der Waals surface area (Å²) in [6.07, 6.45) is 4.08. The molecule has 3 rings (SSSR count). The van der Waals surface area contributed by atoms with E-state index in [0.29, 0.717) is 19.3 Å². The van der Waals surface area contributed by atoms with Crippen molar-refractivity contribution in [3.05, 3.63) is 35.4 Å². The highest BCUT2D eigenvalue weighted by Gasteiger charge is 2.56. The van der Waals surface area contributed by atoms with Gasteiger partial charge in [0, 0.05) is 0 Å². The van der Waals surface area contributed by atoms with E-state index < -0.39 is 29.6 Å². The third-order valence-electron chi connectivity index (χ3n) is 6.40. The largest absolute Gasteiger partial charge is 0.468 e. The minimum atomic E-state index is -1.06. The third kappa shape index (κ3) is 3.88. The van der Waals surface area contributed by atoms with E-state index in [9.17, 15) is 14.4 Å². The number of carbonyl (C=O) groups is 3. The highest BCUT2D eigenvalue weighted by Crippen LogP contribution is 2.46. The molecule has 0 amide bonds. The van der Waals surface area contributed by atoms with Gasteiger partial charge in [0.15, 0.2) is 5.78 Å². The molecule has 0 radical (unpaired) electrons. The highest BCUT2D eigenvalue weighted by molar-refractivity contribution is 5.93. The molecule has 164 valence electrons. The van der Waals surface area contributed by atoms with Gasteiger partial charge in [0.2, 0.25) is 0 Å². The molecule has 1 aromatic carbocycles. The van der Waals surface area contributed by atoms with Crippen LogP contribution >= 0.6 is 0 Å². The first kappa shape index (κ1) is 22.4. The molecule has 7 heteroatoms. The molecule has 1 aliphatic heterocycles. The van der Waals surface area contributed by atoms with Gasteiger partial charge < -0.3 is 15.2 Å². The van der Waals surface area contributed by atoms with E-state index in [4.69, 9.17) is 15.2 Å². The quantitative estimate of drug-likeness (QED) is 0.711. The zero-order chi connectivity index (χ0) is 21.9. The van der Waals surface area contributed by atoms with Crippen molar-refractivity contribution >= 4 is 17.7 Å². The number of nitrogens with zero attached hydrogens (tertiary/aromatic N) is 1. The molecule has 1 aromatic rings. The Balaban J connectivity index is 2.24. The molecule has 3 atom stereocenters. The molecule has 1 saturated carbocycles. The van der Waals surface area contributed by atoms with Gasteiger partial charge in [-0.3, -0.25) is 19.3 Å². The third-order valence-corrected chi connectivity index (χ3v) is 6.40. The molecule has 1 fully saturated rings. The summed E-state index contributed by atoms with van der Waals surface area (Å²) in [5.41, 5.74) is 6.68. The van der Waals surface area contributed by atoms with Crippen LogP contribution in [0.4, 0.5) is 0 Å². The Bertz CT molecular complexity index is 801. The van der Waals surface area contributed by atoms with Crippen molar-refractivity contribution in [2.45, 2.75) is 76.0 Å². The summed E-state index contributed by atoms with van der Waals surface area (Å²) in [6, 6.07) is 5.25. The lowest BCUT2D eigenvalue weighted by atomic mass is 9.74. The van der Waals surface area contributed by atoms with Gasteiger partial charge in [-0.2, -0.15) is 0 Å². The second kappa shape index (κ2) is 9.27. The predicted octanol–water partition coefficient (Wildman–Crippen LogP) is 2.31. The maximum atomic E-state index is 13.4. The van der Waals surface area contributed by atoms with Crippen molar-refractivity contribution in [3.63, 3.8) is 0 Å². The summed E-state index contributed by atoms with van der Waals surface area (Å²) in [4.78, 5) is 41.5. The second-order valence-electron chi connectivity index (χ2n) is 8.26. The molecule has 0 aromatic heterocycles. The van der Waals surface area contributed by atoms with Crippen molar-refractivity contribution in [1.29, 1.82) is 0 Å². The van der Waals surface area contributed by atoms with Crippen LogP contribution in [-0.2, 0) is 30.3 Å². The standard InChI is InChI=1S/C23H32N2O5/c1-4-30-22(28)23(12-8-5-9-13-23)25-18(21(27)29-3)14-16-10-6-7-11-17(16)19(25)20(26)15(2)24/h6-7,10-11,15,18-19H,4-5,8-9,12-14,24H2,1-3H3. The van der Waals surface area contributed by atoms with Gasteiger partial charge in [0.1, 0.15) is 11.6 Å². The van der Waals surface area contributed by atoms with E-state index in [-0.39, 0.29) is 18.4 Å². The van der Waals surface area contributed by atoms with E-state index in [1.807, 2.05) is 24.3 Å². The molecule has 0 saturated heterocycles.